The van der Waals surface area contributed by atoms with Crippen LogP contribution in [0.4, 0.5) is 16.2 Å². The summed E-state index contributed by atoms with van der Waals surface area (Å²) < 4.78 is 0. The lowest BCUT2D eigenvalue weighted by atomic mass is 9.85. The van der Waals surface area contributed by atoms with E-state index in [0.29, 0.717) is 17.0 Å². The molecule has 1 saturated heterocycles. The predicted molar refractivity (Wildman–Crippen MR) is 140 cm³/mol. The van der Waals surface area contributed by atoms with Crippen LogP contribution in [0.3, 0.4) is 0 Å². The number of imide groups is 1. The molecule has 1 atom stereocenters. The summed E-state index contributed by atoms with van der Waals surface area (Å²) in [4.78, 5) is 65.1. The summed E-state index contributed by atoms with van der Waals surface area (Å²) in [6.07, 6.45) is 5.49. The fraction of sp³-hybridized carbons (Fsp3) is 0.577. The third kappa shape index (κ3) is 7.29. The molecule has 0 radical (unpaired) electrons. The Morgan fingerprint density at radius 3 is 2.25 bits per heavy atom. The van der Waals surface area contributed by atoms with Gasteiger partial charge in [0.1, 0.15) is 5.54 Å². The molecule has 0 bridgehead atoms. The number of ketones is 1. The first-order valence-corrected chi connectivity index (χ1v) is 12.7. The molecule has 1 aliphatic rings. The number of urea groups is 1. The summed E-state index contributed by atoms with van der Waals surface area (Å²) in [7, 11) is 0. The first kappa shape index (κ1) is 29.3. The number of Topliss-reactive ketones (excluding diaryl/α,β-unsaturated/α-hetero) is 1. The fourth-order valence-corrected chi connectivity index (χ4v) is 3.95. The fourth-order valence-electron chi connectivity index (χ4n) is 3.79. The van der Waals surface area contributed by atoms with E-state index in [0.717, 1.165) is 32.1 Å². The van der Waals surface area contributed by atoms with Crippen LogP contribution in [0.1, 0.15) is 80.1 Å². The van der Waals surface area contributed by atoms with Gasteiger partial charge in [-0.05, 0) is 38.5 Å². The van der Waals surface area contributed by atoms with Crippen molar-refractivity contribution in [2.75, 3.05) is 10.6 Å². The molecule has 1 aliphatic heterocycles. The molecule has 0 saturated carbocycles. The lowest BCUT2D eigenvalue weighted by Gasteiger charge is -2.29. The Labute approximate surface area is 217 Å². The number of rotatable bonds is 11. The minimum atomic E-state index is -1.70. The van der Waals surface area contributed by atoms with Crippen molar-refractivity contribution in [2.24, 2.45) is 5.41 Å². The number of nitrogens with one attached hydrogen (secondary N) is 3. The highest BCUT2D eigenvalue weighted by Gasteiger charge is 2.53. The lowest BCUT2D eigenvalue weighted by Crippen LogP contribution is -2.55. The van der Waals surface area contributed by atoms with Crippen molar-refractivity contribution in [3.8, 4) is 0 Å². The van der Waals surface area contributed by atoms with Crippen molar-refractivity contribution in [3.63, 3.8) is 0 Å². The number of nitrogens with zero attached hydrogens (tertiary/aromatic N) is 1. The second-order valence-electron chi connectivity index (χ2n) is 10.6. The van der Waals surface area contributed by atoms with Gasteiger partial charge in [0, 0.05) is 17.5 Å². The van der Waals surface area contributed by atoms with Crippen molar-refractivity contribution < 1.29 is 24.0 Å². The van der Waals surface area contributed by atoms with Gasteiger partial charge in [0.15, 0.2) is 11.8 Å². The number of hydrogen-bond donors (Lipinski definition) is 3. The maximum atomic E-state index is 13.4. The summed E-state index contributed by atoms with van der Waals surface area (Å²) in [5.41, 5.74) is -1.72. The molecule has 3 N–H and O–H groups in total. The second-order valence-corrected chi connectivity index (χ2v) is 11.1. The third-order valence-electron chi connectivity index (χ3n) is 5.90. The minimum Gasteiger partial charge on any atom is -0.326 e. The molecule has 9 nitrogen and oxygen atoms in total. The van der Waals surface area contributed by atoms with Gasteiger partial charge in [0.25, 0.3) is 11.8 Å². The zero-order valence-corrected chi connectivity index (χ0v) is 22.7. The summed E-state index contributed by atoms with van der Waals surface area (Å²) in [5, 5.41) is 8.02. The molecule has 2 rings (SSSR count). The van der Waals surface area contributed by atoms with Gasteiger partial charge in [-0.2, -0.15) is 0 Å². The molecule has 0 spiro atoms. The molecular formula is C26H37ClN4O5. The van der Waals surface area contributed by atoms with Crippen LogP contribution in [0.15, 0.2) is 18.2 Å². The van der Waals surface area contributed by atoms with Gasteiger partial charge in [-0.3, -0.25) is 19.2 Å². The quantitative estimate of drug-likeness (QED) is 0.217. The van der Waals surface area contributed by atoms with E-state index in [4.69, 9.17) is 11.6 Å². The SMILES string of the molecule is CCCCCCCC(=O)Nc1ccc(Cl)c(NC(=O)C(C(=O)C(C)(C)C)N2C(=O)NC(C)(C)C2=O)c1. The number of unbranched alkanes of at least 4 members (excludes halogenated alkanes) is 4. The Hall–Kier alpha value is -2.94. The molecule has 1 aromatic rings. The molecule has 1 unspecified atom stereocenters. The smallest absolute Gasteiger partial charge is 0.326 e. The Morgan fingerprint density at radius 2 is 1.69 bits per heavy atom. The highest BCUT2D eigenvalue weighted by atomic mass is 35.5. The summed E-state index contributed by atoms with van der Waals surface area (Å²) in [6, 6.07) is 2.06. The van der Waals surface area contributed by atoms with E-state index in [-0.39, 0.29) is 16.6 Å². The summed E-state index contributed by atoms with van der Waals surface area (Å²) in [6.45, 7) is 9.93. The molecule has 1 heterocycles. The highest BCUT2D eigenvalue weighted by molar-refractivity contribution is 6.34. The van der Waals surface area contributed by atoms with Crippen LogP contribution in [0.25, 0.3) is 0 Å². The van der Waals surface area contributed by atoms with Crippen LogP contribution in [-0.2, 0) is 19.2 Å². The van der Waals surface area contributed by atoms with Gasteiger partial charge in [-0.25, -0.2) is 9.69 Å². The molecule has 198 valence electrons. The van der Waals surface area contributed by atoms with E-state index in [1.54, 1.807) is 26.8 Å². The molecule has 0 aromatic heterocycles. The Morgan fingerprint density at radius 1 is 1.06 bits per heavy atom. The topological polar surface area (TPSA) is 125 Å². The van der Waals surface area contributed by atoms with E-state index < -0.39 is 40.6 Å². The van der Waals surface area contributed by atoms with Gasteiger partial charge in [0.2, 0.25) is 5.91 Å². The van der Waals surface area contributed by atoms with E-state index in [2.05, 4.69) is 22.9 Å². The van der Waals surface area contributed by atoms with Gasteiger partial charge in [0.05, 0.1) is 10.7 Å². The Kier molecular flexibility index (Phi) is 9.65. The maximum Gasteiger partial charge on any atom is 0.326 e. The second kappa shape index (κ2) is 11.9. The zero-order valence-electron chi connectivity index (χ0n) is 21.9. The minimum absolute atomic E-state index is 0.139. The van der Waals surface area contributed by atoms with Crippen LogP contribution < -0.4 is 16.0 Å². The summed E-state index contributed by atoms with van der Waals surface area (Å²) in [5.74, 6) is -2.33. The standard InChI is InChI=1S/C26H37ClN4O5/c1-7-8-9-10-11-12-19(32)28-16-13-14-17(27)18(15-16)29-22(34)20(21(33)25(2,3)4)31-23(35)26(5,6)30-24(31)36/h13-15,20H,7-12H2,1-6H3,(H,28,32)(H,29,34)(H,30,36). The monoisotopic (exact) mass is 520 g/mol. The first-order chi connectivity index (χ1) is 16.7. The number of hydrogen-bond acceptors (Lipinski definition) is 5. The first-order valence-electron chi connectivity index (χ1n) is 12.3. The van der Waals surface area contributed by atoms with Gasteiger partial charge >= 0.3 is 6.03 Å². The molecule has 1 fully saturated rings. The van der Waals surface area contributed by atoms with Crippen LogP contribution in [0.2, 0.25) is 5.02 Å². The van der Waals surface area contributed by atoms with Crippen LogP contribution in [0, 0.1) is 5.41 Å². The highest BCUT2D eigenvalue weighted by Crippen LogP contribution is 2.29. The number of anilines is 2. The number of halogens is 1. The van der Waals surface area contributed by atoms with Crippen molar-refractivity contribution in [2.45, 2.75) is 91.6 Å². The van der Waals surface area contributed by atoms with Crippen LogP contribution in [0.5, 0.6) is 0 Å². The molecular weight excluding hydrogens is 484 g/mol. The van der Waals surface area contributed by atoms with Crippen LogP contribution in [-0.4, -0.2) is 46.0 Å². The summed E-state index contributed by atoms with van der Waals surface area (Å²) >= 11 is 6.27. The predicted octanol–water partition coefficient (Wildman–Crippen LogP) is 4.89. The van der Waals surface area contributed by atoms with Gasteiger partial charge in [-0.15, -0.1) is 0 Å². The van der Waals surface area contributed by atoms with Crippen LogP contribution >= 0.6 is 11.6 Å². The molecule has 0 aliphatic carbocycles. The largest absolute Gasteiger partial charge is 0.326 e. The van der Waals surface area contributed by atoms with Crippen molar-refractivity contribution in [1.29, 1.82) is 0 Å². The molecule has 5 amide bonds. The van der Waals surface area contributed by atoms with Crippen molar-refractivity contribution in [1.82, 2.24) is 10.2 Å². The number of benzene rings is 1. The van der Waals surface area contributed by atoms with Gasteiger partial charge in [-0.1, -0.05) is 65.0 Å². The molecule has 36 heavy (non-hydrogen) atoms. The van der Waals surface area contributed by atoms with Crippen molar-refractivity contribution in [3.05, 3.63) is 23.2 Å². The third-order valence-corrected chi connectivity index (χ3v) is 6.23. The number of carbonyl (C=O) groups excluding carboxylic acids is 5. The lowest BCUT2D eigenvalue weighted by molar-refractivity contribution is -0.144. The number of carbonyl (C=O) groups is 5. The average Bonchev–Trinajstić information content (AvgIpc) is 2.97. The number of amides is 5. The van der Waals surface area contributed by atoms with Gasteiger partial charge < -0.3 is 16.0 Å². The Bertz CT molecular complexity index is 1030. The van der Waals surface area contributed by atoms with E-state index in [1.807, 2.05) is 0 Å². The molecule has 10 heteroatoms. The maximum absolute atomic E-state index is 13.4. The van der Waals surface area contributed by atoms with Crippen molar-refractivity contribution >= 4 is 52.5 Å². The Balaban J connectivity index is 2.22. The van der Waals surface area contributed by atoms with E-state index in [9.17, 15) is 24.0 Å². The van der Waals surface area contributed by atoms with E-state index in [1.165, 1.54) is 26.0 Å². The van der Waals surface area contributed by atoms with E-state index >= 15 is 0 Å². The zero-order chi connectivity index (χ0) is 27.3. The normalized spacial score (nSPS) is 15.9. The molecule has 1 aromatic carbocycles. The average molecular weight is 521 g/mol.